The van der Waals surface area contributed by atoms with Crippen LogP contribution in [0.15, 0.2) is 17.3 Å². The zero-order valence-corrected chi connectivity index (χ0v) is 19.4. The predicted molar refractivity (Wildman–Crippen MR) is 106 cm³/mol. The van der Waals surface area contributed by atoms with Crippen molar-refractivity contribution in [2.75, 3.05) is 13.7 Å². The molecule has 0 aromatic heterocycles. The quantitative estimate of drug-likeness (QED) is 0.0458. The molecule has 0 saturated carbocycles. The van der Waals surface area contributed by atoms with Crippen molar-refractivity contribution in [3.63, 3.8) is 0 Å². The van der Waals surface area contributed by atoms with Crippen LogP contribution in [0.1, 0.15) is 0 Å². The number of amides is 1. The smallest absolute Gasteiger partial charge is 0.387 e. The van der Waals surface area contributed by atoms with E-state index < -0.39 is 53.4 Å². The van der Waals surface area contributed by atoms with Crippen molar-refractivity contribution in [2.45, 2.75) is 23.3 Å². The van der Waals surface area contributed by atoms with Gasteiger partial charge < -0.3 is 35.2 Å². The summed E-state index contributed by atoms with van der Waals surface area (Å²) in [5, 5.41) is 10.4. The number of aliphatic hydroxyl groups is 1. The zero-order chi connectivity index (χ0) is 25.0. The number of aliphatic hydroxyl groups excluding tert-OH is 1. The van der Waals surface area contributed by atoms with Gasteiger partial charge in [-0.25, -0.2) is 13.7 Å². The molecule has 7 N–H and O–H groups in total. The monoisotopic (exact) mass is 541 g/mol. The molecule has 6 atom stereocenters. The highest BCUT2D eigenvalue weighted by Crippen LogP contribution is 2.66. The van der Waals surface area contributed by atoms with Gasteiger partial charge in [0.1, 0.15) is 18.0 Å². The van der Waals surface area contributed by atoms with Crippen molar-refractivity contribution in [1.29, 1.82) is 0 Å². The normalized spacial score (nSPS) is 30.4. The minimum absolute atomic E-state index is 0.000449. The molecular weight excluding hydrogens is 523 g/mol. The van der Waals surface area contributed by atoms with Crippen molar-refractivity contribution < 1.29 is 61.1 Å². The van der Waals surface area contributed by atoms with Gasteiger partial charge >= 0.3 is 23.5 Å². The molecule has 0 spiro atoms. The van der Waals surface area contributed by atoms with E-state index in [0.29, 0.717) is 0 Å². The Morgan fingerprint density at radius 3 is 2.38 bits per heavy atom. The number of carbonyl (C=O) groups is 1. The third-order valence-corrected chi connectivity index (χ3v) is 7.87. The summed E-state index contributed by atoms with van der Waals surface area (Å²) in [5.74, 6) is 2.03. The summed E-state index contributed by atoms with van der Waals surface area (Å²) in [6.07, 6.45) is 2.86. The van der Waals surface area contributed by atoms with Crippen LogP contribution in [0.5, 0.6) is 0 Å². The number of hydrogen-bond acceptors (Lipinski definition) is 10. The number of alkyl halides is 1. The molecule has 1 amide bonds. The fourth-order valence-electron chi connectivity index (χ4n) is 2.21. The van der Waals surface area contributed by atoms with Crippen LogP contribution in [-0.2, 0) is 36.4 Å². The summed E-state index contributed by atoms with van der Waals surface area (Å²) >= 11 is 6.20. The third-order valence-electron chi connectivity index (χ3n) is 3.55. The molecule has 1 aliphatic heterocycles. The third kappa shape index (κ3) is 8.02. The zero-order valence-electron chi connectivity index (χ0n) is 15.9. The number of aliphatic imine (C=N–C) groups is 1. The van der Waals surface area contributed by atoms with Gasteiger partial charge in [-0.05, 0) is 6.08 Å². The topological polar surface area (TPSA) is 248 Å². The number of carbonyl (C=O) groups excluding carboxylic acids is 1. The minimum Gasteiger partial charge on any atom is -0.387 e. The standard InChI is InChI=1S/C12H19ClN3O13P3/c1-3-12(13)10(18)8(27-11(12)16(7-17)5-4-9(14)15-2)6-26-31(22,23)29-32(24,25)28-30(19,20)21/h1,4-5,7-8,10-11,18H,6H2,2H3,(H2,14,15)(H,22,23)(H,24,25)(H2,19,20,21)/b5-4-. The SMILES string of the molecule is C#CC1(Cl)C(O)C(COP(=O)(O)OP(=O)(O)OP(=O)(O)O)OC1N(C=O)/C=C\C(N)=N/C. The summed E-state index contributed by atoms with van der Waals surface area (Å²) in [6, 6.07) is 0. The number of phosphoric acid groups is 3. The first kappa shape index (κ1) is 28.9. The van der Waals surface area contributed by atoms with Crippen LogP contribution >= 0.6 is 35.1 Å². The van der Waals surface area contributed by atoms with Gasteiger partial charge in [-0.1, -0.05) is 17.5 Å². The van der Waals surface area contributed by atoms with Gasteiger partial charge in [0, 0.05) is 13.2 Å². The number of hydrogen-bond donors (Lipinski definition) is 6. The first-order valence-electron chi connectivity index (χ1n) is 7.92. The Morgan fingerprint density at radius 2 is 1.91 bits per heavy atom. The van der Waals surface area contributed by atoms with Crippen molar-refractivity contribution in [2.24, 2.45) is 10.7 Å². The number of terminal acetylenes is 1. The second kappa shape index (κ2) is 10.9. The van der Waals surface area contributed by atoms with Gasteiger partial charge in [0.05, 0.1) is 6.61 Å². The van der Waals surface area contributed by atoms with E-state index in [0.717, 1.165) is 11.1 Å². The molecule has 0 radical (unpaired) electrons. The Labute approximate surface area is 186 Å². The number of rotatable bonds is 11. The molecule has 1 heterocycles. The molecule has 1 aliphatic rings. The summed E-state index contributed by atoms with van der Waals surface area (Å²) in [5.41, 5.74) is 5.48. The van der Waals surface area contributed by atoms with Gasteiger partial charge in [-0.3, -0.25) is 19.2 Å². The van der Waals surface area contributed by atoms with E-state index in [2.05, 4.69) is 18.1 Å². The number of ether oxygens (including phenoxy) is 1. The van der Waals surface area contributed by atoms with Crippen LogP contribution in [-0.4, -0.2) is 78.8 Å². The number of amidine groups is 1. The number of phosphoric ester groups is 1. The highest BCUT2D eigenvalue weighted by molar-refractivity contribution is 7.66. The highest BCUT2D eigenvalue weighted by atomic mass is 35.5. The van der Waals surface area contributed by atoms with E-state index in [1.54, 1.807) is 0 Å². The van der Waals surface area contributed by atoms with E-state index >= 15 is 0 Å². The lowest BCUT2D eigenvalue weighted by Crippen LogP contribution is -2.48. The van der Waals surface area contributed by atoms with Crippen molar-refractivity contribution in [1.82, 2.24) is 4.90 Å². The van der Waals surface area contributed by atoms with Gasteiger partial charge in [-0.15, -0.1) is 6.42 Å². The van der Waals surface area contributed by atoms with E-state index in [9.17, 15) is 28.5 Å². The molecule has 0 aromatic carbocycles. The number of nitrogens with zero attached hydrogens (tertiary/aromatic N) is 2. The maximum Gasteiger partial charge on any atom is 0.490 e. The molecule has 32 heavy (non-hydrogen) atoms. The first-order chi connectivity index (χ1) is 14.5. The molecule has 6 unspecified atom stereocenters. The van der Waals surface area contributed by atoms with Crippen molar-refractivity contribution in [3.05, 3.63) is 12.3 Å². The second-order valence-corrected chi connectivity index (χ2v) is 10.8. The predicted octanol–water partition coefficient (Wildman–Crippen LogP) is -1.01. The average molecular weight is 542 g/mol. The lowest BCUT2D eigenvalue weighted by atomic mass is 9.99. The lowest BCUT2D eigenvalue weighted by molar-refractivity contribution is -0.128. The maximum absolute atomic E-state index is 11.8. The lowest BCUT2D eigenvalue weighted by Gasteiger charge is -2.29. The molecule has 20 heteroatoms. The number of halogens is 1. The van der Waals surface area contributed by atoms with Crippen LogP contribution in [0.4, 0.5) is 0 Å². The highest BCUT2D eigenvalue weighted by Gasteiger charge is 2.57. The van der Waals surface area contributed by atoms with Crippen molar-refractivity contribution >= 4 is 47.3 Å². The Bertz CT molecular complexity index is 948. The molecule has 16 nitrogen and oxygen atoms in total. The first-order valence-corrected chi connectivity index (χ1v) is 12.8. The molecule has 0 aliphatic carbocycles. The summed E-state index contributed by atoms with van der Waals surface area (Å²) in [7, 11) is -15.5. The Morgan fingerprint density at radius 1 is 1.31 bits per heavy atom. The fourth-order valence-corrected chi connectivity index (χ4v) is 5.54. The molecule has 1 rings (SSSR count). The van der Waals surface area contributed by atoms with Crippen LogP contribution < -0.4 is 5.73 Å². The van der Waals surface area contributed by atoms with E-state index in [4.69, 9.17) is 43.2 Å². The van der Waals surface area contributed by atoms with Gasteiger partial charge in [0.25, 0.3) is 0 Å². The van der Waals surface area contributed by atoms with Gasteiger partial charge in [0.2, 0.25) is 6.41 Å². The number of nitrogens with two attached hydrogens (primary N) is 1. The second-order valence-electron chi connectivity index (χ2n) is 5.79. The Kier molecular flexibility index (Phi) is 9.80. The van der Waals surface area contributed by atoms with Crippen LogP contribution in [0.2, 0.25) is 0 Å². The minimum atomic E-state index is -5.75. The molecule has 1 fully saturated rings. The van der Waals surface area contributed by atoms with E-state index in [1.165, 1.54) is 13.1 Å². The summed E-state index contributed by atoms with van der Waals surface area (Å²) in [4.78, 5) is 49.4. The molecule has 0 aromatic rings. The summed E-state index contributed by atoms with van der Waals surface area (Å²) in [6.45, 7) is -1.05. The largest absolute Gasteiger partial charge is 0.490 e. The van der Waals surface area contributed by atoms with Crippen molar-refractivity contribution in [3.8, 4) is 12.3 Å². The van der Waals surface area contributed by atoms with E-state index in [-0.39, 0.29) is 12.2 Å². The molecule has 0 bridgehead atoms. The van der Waals surface area contributed by atoms with E-state index in [1.807, 2.05) is 5.92 Å². The van der Waals surface area contributed by atoms with Crippen LogP contribution in [0, 0.1) is 12.3 Å². The average Bonchev–Trinajstić information content (AvgIpc) is 2.89. The molecule has 1 saturated heterocycles. The maximum atomic E-state index is 11.8. The Hall–Kier alpha value is -1.14. The molecular formula is C12H19ClN3O13P3. The van der Waals surface area contributed by atoms with Gasteiger partial charge in [-0.2, -0.15) is 8.62 Å². The van der Waals surface area contributed by atoms with Crippen LogP contribution in [0.25, 0.3) is 0 Å². The summed E-state index contributed by atoms with van der Waals surface area (Å²) < 4.78 is 50.6. The fraction of sp³-hybridized carbons (Fsp3) is 0.500. The Balaban J connectivity index is 2.99. The van der Waals surface area contributed by atoms with Gasteiger partial charge in [0.15, 0.2) is 11.1 Å². The molecule has 182 valence electrons. The van der Waals surface area contributed by atoms with Crippen LogP contribution in [0.3, 0.4) is 0 Å².